The third-order valence-corrected chi connectivity index (χ3v) is 5.25. The first-order chi connectivity index (χ1) is 12.6. The molecular weight excluding hydrogens is 326 g/mol. The van der Waals surface area contributed by atoms with E-state index in [1.807, 2.05) is 43.5 Å². The van der Waals surface area contributed by atoms with E-state index in [2.05, 4.69) is 10.3 Å². The highest BCUT2D eigenvalue weighted by atomic mass is 16.2. The molecule has 0 unspecified atom stereocenters. The van der Waals surface area contributed by atoms with Crippen molar-refractivity contribution in [2.24, 2.45) is 0 Å². The Balaban J connectivity index is 1.78. The van der Waals surface area contributed by atoms with Gasteiger partial charge in [0.1, 0.15) is 0 Å². The fraction of sp³-hybridized carbons (Fsp3) is 0.333. The van der Waals surface area contributed by atoms with E-state index < -0.39 is 0 Å². The molecule has 1 fully saturated rings. The third-order valence-electron chi connectivity index (χ3n) is 5.25. The number of carbonyl (C=O) groups is 1. The normalized spacial score (nSPS) is 15.3. The molecule has 1 aliphatic carbocycles. The van der Waals surface area contributed by atoms with Crippen molar-refractivity contribution in [2.45, 2.75) is 45.1 Å². The van der Waals surface area contributed by atoms with Crippen LogP contribution in [0.15, 0.2) is 47.5 Å². The number of hydrogen-bond donors (Lipinski definition) is 2. The summed E-state index contributed by atoms with van der Waals surface area (Å²) in [4.78, 5) is 29.1. The van der Waals surface area contributed by atoms with Crippen molar-refractivity contribution < 1.29 is 4.79 Å². The molecule has 134 valence electrons. The summed E-state index contributed by atoms with van der Waals surface area (Å²) in [7, 11) is 0. The summed E-state index contributed by atoms with van der Waals surface area (Å²) in [5, 5.41) is 3.57. The van der Waals surface area contributed by atoms with Crippen LogP contribution >= 0.6 is 0 Å². The van der Waals surface area contributed by atoms with E-state index in [1.54, 1.807) is 10.8 Å². The predicted molar refractivity (Wildman–Crippen MR) is 103 cm³/mol. The lowest BCUT2D eigenvalue weighted by molar-refractivity contribution is 0.0929. The van der Waals surface area contributed by atoms with E-state index in [0.29, 0.717) is 10.9 Å². The van der Waals surface area contributed by atoms with Crippen LogP contribution in [0.1, 0.15) is 48.0 Å². The molecule has 0 radical (unpaired) electrons. The van der Waals surface area contributed by atoms with Gasteiger partial charge in [0, 0.05) is 24.1 Å². The van der Waals surface area contributed by atoms with Crippen LogP contribution in [0.5, 0.6) is 0 Å². The summed E-state index contributed by atoms with van der Waals surface area (Å²) in [5.74, 6) is -0.162. The SMILES string of the molecule is Cc1cn(-c2ccccc2)c(=O)c2c(C(=O)NC3CCCCC3)c[nH]c12. The molecular formula is C21H23N3O2. The van der Waals surface area contributed by atoms with Gasteiger partial charge in [0.2, 0.25) is 0 Å². The van der Waals surface area contributed by atoms with Gasteiger partial charge in [-0.15, -0.1) is 0 Å². The lowest BCUT2D eigenvalue weighted by Crippen LogP contribution is -2.36. The quantitative estimate of drug-likeness (QED) is 0.757. The lowest BCUT2D eigenvalue weighted by atomic mass is 9.95. The molecule has 0 aliphatic heterocycles. The van der Waals surface area contributed by atoms with Crippen LogP contribution in [0.4, 0.5) is 0 Å². The second kappa shape index (κ2) is 6.83. The summed E-state index contributed by atoms with van der Waals surface area (Å²) in [5.41, 5.74) is 2.72. The first-order valence-corrected chi connectivity index (χ1v) is 9.25. The van der Waals surface area contributed by atoms with Crippen molar-refractivity contribution in [3.05, 3.63) is 64.2 Å². The first kappa shape index (κ1) is 16.6. The molecule has 0 atom stereocenters. The smallest absolute Gasteiger partial charge is 0.265 e. The van der Waals surface area contributed by atoms with Crippen LogP contribution in [-0.4, -0.2) is 21.5 Å². The Labute approximate surface area is 152 Å². The molecule has 0 bridgehead atoms. The third kappa shape index (κ3) is 2.94. The molecule has 0 spiro atoms. The minimum absolute atomic E-state index is 0.162. The van der Waals surface area contributed by atoms with Crippen molar-refractivity contribution in [1.29, 1.82) is 0 Å². The number of aryl methyl sites for hydroxylation is 1. The highest BCUT2D eigenvalue weighted by Crippen LogP contribution is 2.21. The van der Waals surface area contributed by atoms with Crippen molar-refractivity contribution in [3.63, 3.8) is 0 Å². The molecule has 2 heterocycles. The van der Waals surface area contributed by atoms with E-state index >= 15 is 0 Å². The molecule has 1 aliphatic rings. The number of amides is 1. The molecule has 0 saturated heterocycles. The molecule has 1 saturated carbocycles. The van der Waals surface area contributed by atoms with Gasteiger partial charge < -0.3 is 10.3 Å². The van der Waals surface area contributed by atoms with Gasteiger partial charge >= 0.3 is 0 Å². The molecule has 2 aromatic heterocycles. The van der Waals surface area contributed by atoms with Crippen molar-refractivity contribution in [3.8, 4) is 5.69 Å². The van der Waals surface area contributed by atoms with Gasteiger partial charge in [0.25, 0.3) is 11.5 Å². The Kier molecular flexibility index (Phi) is 4.37. The Morgan fingerprint density at radius 1 is 1.15 bits per heavy atom. The molecule has 1 amide bonds. The van der Waals surface area contributed by atoms with Gasteiger partial charge in [-0.1, -0.05) is 37.5 Å². The zero-order valence-electron chi connectivity index (χ0n) is 14.9. The van der Waals surface area contributed by atoms with Crippen molar-refractivity contribution in [2.75, 3.05) is 0 Å². The van der Waals surface area contributed by atoms with E-state index in [1.165, 1.54) is 6.42 Å². The maximum absolute atomic E-state index is 13.1. The predicted octanol–water partition coefficient (Wildman–Crippen LogP) is 3.69. The molecule has 5 heteroatoms. The van der Waals surface area contributed by atoms with E-state index in [-0.39, 0.29) is 17.5 Å². The summed E-state index contributed by atoms with van der Waals surface area (Å²) in [6.07, 6.45) is 9.05. The maximum Gasteiger partial charge on any atom is 0.265 e. The number of fused-ring (bicyclic) bond motifs is 1. The van der Waals surface area contributed by atoms with Crippen molar-refractivity contribution >= 4 is 16.8 Å². The standard InChI is InChI=1S/C21H23N3O2/c1-14-13-24(16-10-6-3-7-11-16)21(26)18-17(12-22-19(14)18)20(25)23-15-8-4-2-5-9-15/h3,6-7,10-13,15,22H,2,4-5,8-9H2,1H3,(H,23,25). The zero-order chi connectivity index (χ0) is 18.1. The largest absolute Gasteiger partial charge is 0.360 e. The van der Waals surface area contributed by atoms with Gasteiger partial charge in [-0.2, -0.15) is 0 Å². The number of para-hydroxylation sites is 1. The molecule has 2 N–H and O–H groups in total. The number of carbonyl (C=O) groups excluding carboxylic acids is 1. The molecule has 4 rings (SSSR count). The topological polar surface area (TPSA) is 66.9 Å². The molecule has 3 aromatic rings. The molecule has 5 nitrogen and oxygen atoms in total. The highest BCUT2D eigenvalue weighted by molar-refractivity contribution is 6.07. The van der Waals surface area contributed by atoms with Crippen LogP contribution in [0.2, 0.25) is 0 Å². The van der Waals surface area contributed by atoms with E-state index in [4.69, 9.17) is 0 Å². The number of aromatic nitrogens is 2. The zero-order valence-corrected chi connectivity index (χ0v) is 14.9. The maximum atomic E-state index is 13.1. The second-order valence-electron chi connectivity index (χ2n) is 7.08. The number of aromatic amines is 1. The summed E-state index contributed by atoms with van der Waals surface area (Å²) in [6, 6.07) is 9.70. The number of nitrogens with one attached hydrogen (secondary N) is 2. The molecule has 1 aromatic carbocycles. The van der Waals surface area contributed by atoms with Gasteiger partial charge in [0.15, 0.2) is 0 Å². The minimum Gasteiger partial charge on any atom is -0.360 e. The van der Waals surface area contributed by atoms with E-state index in [9.17, 15) is 9.59 Å². The summed E-state index contributed by atoms with van der Waals surface area (Å²) in [6.45, 7) is 1.94. The first-order valence-electron chi connectivity index (χ1n) is 9.25. The number of benzene rings is 1. The van der Waals surface area contributed by atoms with Gasteiger partial charge in [-0.05, 0) is 37.5 Å². The highest BCUT2D eigenvalue weighted by Gasteiger charge is 2.21. The summed E-state index contributed by atoms with van der Waals surface area (Å²) < 4.78 is 1.61. The van der Waals surface area contributed by atoms with Crippen LogP contribution in [0.3, 0.4) is 0 Å². The number of hydrogen-bond acceptors (Lipinski definition) is 2. The van der Waals surface area contributed by atoms with Gasteiger partial charge in [-0.25, -0.2) is 0 Å². The van der Waals surface area contributed by atoms with Gasteiger partial charge in [0.05, 0.1) is 16.5 Å². The van der Waals surface area contributed by atoms with E-state index in [0.717, 1.165) is 42.5 Å². The average Bonchev–Trinajstić information content (AvgIpc) is 3.12. The Morgan fingerprint density at radius 3 is 2.62 bits per heavy atom. The summed E-state index contributed by atoms with van der Waals surface area (Å²) >= 11 is 0. The van der Waals surface area contributed by atoms with Gasteiger partial charge in [-0.3, -0.25) is 14.2 Å². The average molecular weight is 349 g/mol. The van der Waals surface area contributed by atoms with Crippen LogP contribution in [0, 0.1) is 6.92 Å². The monoisotopic (exact) mass is 349 g/mol. The lowest BCUT2D eigenvalue weighted by Gasteiger charge is -2.22. The number of H-pyrrole nitrogens is 1. The Hall–Kier alpha value is -2.82. The minimum atomic E-state index is -0.174. The number of nitrogens with zero attached hydrogens (tertiary/aromatic N) is 1. The Morgan fingerprint density at radius 2 is 1.88 bits per heavy atom. The van der Waals surface area contributed by atoms with Crippen molar-refractivity contribution in [1.82, 2.24) is 14.9 Å². The Bertz CT molecular complexity index is 995. The number of pyridine rings is 1. The molecule has 26 heavy (non-hydrogen) atoms. The van der Waals surface area contributed by atoms with Crippen LogP contribution in [-0.2, 0) is 0 Å². The van der Waals surface area contributed by atoms with Crippen LogP contribution < -0.4 is 10.9 Å². The number of rotatable bonds is 3. The van der Waals surface area contributed by atoms with Crippen LogP contribution in [0.25, 0.3) is 16.6 Å². The second-order valence-corrected chi connectivity index (χ2v) is 7.08. The fourth-order valence-corrected chi connectivity index (χ4v) is 3.86. The fourth-order valence-electron chi connectivity index (χ4n) is 3.86.